The molecule has 0 saturated carbocycles. The molecular formula is C20H23N5O2. The summed E-state index contributed by atoms with van der Waals surface area (Å²) in [5.41, 5.74) is 2.09. The highest BCUT2D eigenvalue weighted by atomic mass is 16.5. The lowest BCUT2D eigenvalue weighted by Crippen LogP contribution is -2.18. The molecule has 0 fully saturated rings. The zero-order chi connectivity index (χ0) is 19.1. The Bertz CT molecular complexity index is 873. The molecule has 0 radical (unpaired) electrons. The molecule has 3 rings (SSSR count). The number of methoxy groups -OCH3 is 2. The van der Waals surface area contributed by atoms with Gasteiger partial charge in [-0.1, -0.05) is 24.3 Å². The molecule has 0 atom stereocenters. The first-order valence-corrected chi connectivity index (χ1v) is 8.72. The second kappa shape index (κ2) is 8.84. The van der Waals surface area contributed by atoms with E-state index < -0.39 is 0 Å². The van der Waals surface area contributed by atoms with Crippen molar-refractivity contribution in [3.63, 3.8) is 0 Å². The highest BCUT2D eigenvalue weighted by molar-refractivity contribution is 5.59. The summed E-state index contributed by atoms with van der Waals surface area (Å²) in [6, 6.07) is 15.8. The van der Waals surface area contributed by atoms with E-state index in [-0.39, 0.29) is 0 Å². The number of hydrogen-bond acceptors (Lipinski definition) is 7. The van der Waals surface area contributed by atoms with Crippen LogP contribution in [0.2, 0.25) is 0 Å². The number of ether oxygens (including phenoxy) is 2. The number of aromatic nitrogens is 3. The summed E-state index contributed by atoms with van der Waals surface area (Å²) in [7, 11) is 3.24. The summed E-state index contributed by atoms with van der Waals surface area (Å²) in [4.78, 5) is 6.68. The van der Waals surface area contributed by atoms with Crippen LogP contribution in [0.5, 0.6) is 11.5 Å². The fourth-order valence-corrected chi connectivity index (χ4v) is 2.76. The third-order valence-corrected chi connectivity index (χ3v) is 4.11. The third-order valence-electron chi connectivity index (χ3n) is 4.11. The van der Waals surface area contributed by atoms with E-state index in [1.165, 1.54) is 0 Å². The highest BCUT2D eigenvalue weighted by Gasteiger charge is 2.11. The molecule has 1 heterocycles. The van der Waals surface area contributed by atoms with Gasteiger partial charge in [0.25, 0.3) is 0 Å². The van der Waals surface area contributed by atoms with Crippen molar-refractivity contribution in [2.75, 3.05) is 31.0 Å². The normalized spacial score (nSPS) is 10.3. The lowest BCUT2D eigenvalue weighted by atomic mass is 10.2. The van der Waals surface area contributed by atoms with Gasteiger partial charge in [-0.15, -0.1) is 5.10 Å². The van der Waals surface area contributed by atoms with Gasteiger partial charge in [0.2, 0.25) is 5.95 Å². The number of rotatable bonds is 8. The lowest BCUT2D eigenvalue weighted by Gasteiger charge is -2.21. The number of nitrogens with one attached hydrogen (secondary N) is 1. The lowest BCUT2D eigenvalue weighted by molar-refractivity contribution is 0.354. The molecule has 0 saturated heterocycles. The smallest absolute Gasteiger partial charge is 0.244 e. The van der Waals surface area contributed by atoms with Crippen LogP contribution in [0, 0.1) is 0 Å². The Labute approximate surface area is 159 Å². The van der Waals surface area contributed by atoms with E-state index in [1.54, 1.807) is 20.4 Å². The first-order chi connectivity index (χ1) is 13.2. The summed E-state index contributed by atoms with van der Waals surface area (Å²) in [6.07, 6.45) is 1.66. The van der Waals surface area contributed by atoms with Gasteiger partial charge in [-0.3, -0.25) is 0 Å². The van der Waals surface area contributed by atoms with E-state index in [2.05, 4.69) is 32.3 Å². The zero-order valence-corrected chi connectivity index (χ0v) is 15.7. The summed E-state index contributed by atoms with van der Waals surface area (Å²) >= 11 is 0. The molecule has 0 amide bonds. The van der Waals surface area contributed by atoms with Gasteiger partial charge in [-0.2, -0.15) is 10.1 Å². The molecule has 27 heavy (non-hydrogen) atoms. The summed E-state index contributed by atoms with van der Waals surface area (Å²) in [6.45, 7) is 3.40. The minimum atomic E-state index is 0.469. The number of para-hydroxylation sites is 1. The Kier molecular flexibility index (Phi) is 6.04. The topological polar surface area (TPSA) is 72.4 Å². The molecule has 1 N–H and O–H groups in total. The molecule has 7 nitrogen and oxygen atoms in total. The third kappa shape index (κ3) is 4.44. The average Bonchev–Trinajstić information content (AvgIpc) is 2.73. The van der Waals surface area contributed by atoms with E-state index in [9.17, 15) is 0 Å². The van der Waals surface area contributed by atoms with Crippen LogP contribution in [0.25, 0.3) is 0 Å². The SMILES string of the molecule is CCN(c1ccccc1)c1cnnc(NCc2ccc(OC)c(OC)c2)n1. The molecule has 2 aromatic carbocycles. The first kappa shape index (κ1) is 18.4. The summed E-state index contributed by atoms with van der Waals surface area (Å²) in [5, 5.41) is 11.4. The van der Waals surface area contributed by atoms with Crippen molar-refractivity contribution in [1.82, 2.24) is 15.2 Å². The Hall–Kier alpha value is -3.35. The Balaban J connectivity index is 1.74. The highest BCUT2D eigenvalue weighted by Crippen LogP contribution is 2.28. The fraction of sp³-hybridized carbons (Fsp3) is 0.250. The summed E-state index contributed by atoms with van der Waals surface area (Å²) in [5.74, 6) is 2.60. The minimum Gasteiger partial charge on any atom is -0.493 e. The maximum Gasteiger partial charge on any atom is 0.244 e. The van der Waals surface area contributed by atoms with Crippen LogP contribution in [-0.4, -0.2) is 35.9 Å². The van der Waals surface area contributed by atoms with Crippen molar-refractivity contribution in [1.29, 1.82) is 0 Å². The van der Waals surface area contributed by atoms with E-state index in [4.69, 9.17) is 9.47 Å². The van der Waals surface area contributed by atoms with Crippen molar-refractivity contribution in [2.45, 2.75) is 13.5 Å². The second-order valence-corrected chi connectivity index (χ2v) is 5.76. The standard InChI is InChI=1S/C20H23N5O2/c1-4-25(16-8-6-5-7-9-16)19-14-22-24-20(23-19)21-13-15-10-11-17(26-2)18(12-15)27-3/h5-12,14H,4,13H2,1-3H3,(H,21,23,24). The van der Waals surface area contributed by atoms with E-state index in [0.29, 0.717) is 24.0 Å². The number of nitrogens with zero attached hydrogens (tertiary/aromatic N) is 4. The molecule has 140 valence electrons. The predicted octanol–water partition coefficient (Wildman–Crippen LogP) is 3.66. The predicted molar refractivity (Wildman–Crippen MR) is 106 cm³/mol. The maximum absolute atomic E-state index is 5.34. The molecule has 1 aromatic heterocycles. The summed E-state index contributed by atoms with van der Waals surface area (Å²) < 4.78 is 10.6. The second-order valence-electron chi connectivity index (χ2n) is 5.76. The molecule has 0 aliphatic heterocycles. The van der Waals surface area contributed by atoms with Crippen LogP contribution in [-0.2, 0) is 6.54 Å². The van der Waals surface area contributed by atoms with E-state index >= 15 is 0 Å². The van der Waals surface area contributed by atoms with Crippen LogP contribution in [0.15, 0.2) is 54.7 Å². The maximum atomic E-state index is 5.34. The minimum absolute atomic E-state index is 0.469. The van der Waals surface area contributed by atoms with Crippen molar-refractivity contribution >= 4 is 17.5 Å². The van der Waals surface area contributed by atoms with Gasteiger partial charge in [-0.05, 0) is 36.8 Å². The Morgan fingerprint density at radius 2 is 1.78 bits per heavy atom. The van der Waals surface area contributed by atoms with Crippen LogP contribution in [0.4, 0.5) is 17.5 Å². The van der Waals surface area contributed by atoms with Crippen molar-refractivity contribution in [3.8, 4) is 11.5 Å². The molecule has 0 aliphatic rings. The monoisotopic (exact) mass is 365 g/mol. The van der Waals surface area contributed by atoms with Crippen LogP contribution in [0.1, 0.15) is 12.5 Å². The van der Waals surface area contributed by atoms with E-state index in [0.717, 1.165) is 23.6 Å². The fourth-order valence-electron chi connectivity index (χ4n) is 2.76. The number of anilines is 3. The van der Waals surface area contributed by atoms with Gasteiger partial charge >= 0.3 is 0 Å². The molecular weight excluding hydrogens is 342 g/mol. The number of hydrogen-bond donors (Lipinski definition) is 1. The quantitative estimate of drug-likeness (QED) is 0.653. The Morgan fingerprint density at radius 3 is 2.48 bits per heavy atom. The van der Waals surface area contributed by atoms with Crippen LogP contribution >= 0.6 is 0 Å². The first-order valence-electron chi connectivity index (χ1n) is 8.72. The molecule has 0 bridgehead atoms. The van der Waals surface area contributed by atoms with Gasteiger partial charge in [0.15, 0.2) is 17.3 Å². The zero-order valence-electron chi connectivity index (χ0n) is 15.7. The number of benzene rings is 2. The molecule has 0 unspecified atom stereocenters. The molecule has 0 spiro atoms. The molecule has 0 aliphatic carbocycles. The molecule has 7 heteroatoms. The average molecular weight is 365 g/mol. The van der Waals surface area contributed by atoms with Crippen molar-refractivity contribution < 1.29 is 9.47 Å². The van der Waals surface area contributed by atoms with Gasteiger partial charge in [0.1, 0.15) is 0 Å². The van der Waals surface area contributed by atoms with Crippen LogP contribution in [0.3, 0.4) is 0 Å². The van der Waals surface area contributed by atoms with Crippen LogP contribution < -0.4 is 19.7 Å². The van der Waals surface area contributed by atoms with Crippen molar-refractivity contribution in [3.05, 3.63) is 60.3 Å². The van der Waals surface area contributed by atoms with Crippen molar-refractivity contribution in [2.24, 2.45) is 0 Å². The van der Waals surface area contributed by atoms with Gasteiger partial charge < -0.3 is 19.7 Å². The van der Waals surface area contributed by atoms with Gasteiger partial charge in [0.05, 0.1) is 20.4 Å². The van der Waals surface area contributed by atoms with Gasteiger partial charge in [-0.25, -0.2) is 0 Å². The van der Waals surface area contributed by atoms with E-state index in [1.807, 2.05) is 48.5 Å². The Morgan fingerprint density at radius 1 is 1.00 bits per heavy atom. The van der Waals surface area contributed by atoms with Gasteiger partial charge in [0, 0.05) is 18.8 Å². The largest absolute Gasteiger partial charge is 0.493 e. The molecule has 3 aromatic rings.